The van der Waals surface area contributed by atoms with Crippen molar-refractivity contribution in [1.82, 2.24) is 4.31 Å². The molecular formula is C14H24N2O3S. The monoisotopic (exact) mass is 300 g/mol. The fraction of sp³-hybridized carbons (Fsp3) is 0.571. The summed E-state index contributed by atoms with van der Waals surface area (Å²) in [4.78, 5) is 0.308. The topological polar surface area (TPSA) is 72.6 Å². The molecule has 2 N–H and O–H groups in total. The van der Waals surface area contributed by atoms with Gasteiger partial charge in [0.25, 0.3) is 0 Å². The Morgan fingerprint density at radius 1 is 1.40 bits per heavy atom. The molecule has 114 valence electrons. The minimum Gasteiger partial charge on any atom is -0.399 e. The van der Waals surface area contributed by atoms with Crippen LogP contribution in [0, 0.1) is 6.92 Å². The molecular weight excluding hydrogens is 276 g/mol. The lowest BCUT2D eigenvalue weighted by Gasteiger charge is -2.28. The molecule has 0 saturated heterocycles. The molecule has 1 unspecified atom stereocenters. The fourth-order valence-corrected chi connectivity index (χ4v) is 3.95. The molecule has 20 heavy (non-hydrogen) atoms. The Bertz CT molecular complexity index is 543. The first-order valence-corrected chi connectivity index (χ1v) is 8.15. The minimum atomic E-state index is -3.53. The molecule has 0 aliphatic rings. The van der Waals surface area contributed by atoms with E-state index in [9.17, 15) is 8.42 Å². The van der Waals surface area contributed by atoms with Gasteiger partial charge in [-0.3, -0.25) is 0 Å². The van der Waals surface area contributed by atoms with Gasteiger partial charge >= 0.3 is 0 Å². The molecule has 1 rings (SSSR count). The Morgan fingerprint density at radius 3 is 2.55 bits per heavy atom. The van der Waals surface area contributed by atoms with Gasteiger partial charge in [0.1, 0.15) is 0 Å². The first-order valence-electron chi connectivity index (χ1n) is 6.71. The van der Waals surface area contributed by atoms with E-state index in [2.05, 4.69) is 0 Å². The van der Waals surface area contributed by atoms with Crippen molar-refractivity contribution in [2.75, 3.05) is 26.0 Å². The van der Waals surface area contributed by atoms with E-state index in [1.54, 1.807) is 32.2 Å². The Balaban J connectivity index is 3.21. The number of hydrogen-bond acceptors (Lipinski definition) is 4. The summed E-state index contributed by atoms with van der Waals surface area (Å²) < 4.78 is 32.1. The van der Waals surface area contributed by atoms with Gasteiger partial charge in [0, 0.05) is 25.4 Å². The van der Waals surface area contributed by atoms with Gasteiger partial charge in [-0.25, -0.2) is 8.42 Å². The number of nitrogens with two attached hydrogens (primary N) is 1. The summed E-state index contributed by atoms with van der Waals surface area (Å²) in [5, 5.41) is 0. The smallest absolute Gasteiger partial charge is 0.243 e. The van der Waals surface area contributed by atoms with Crippen molar-refractivity contribution in [1.29, 1.82) is 0 Å². The highest BCUT2D eigenvalue weighted by molar-refractivity contribution is 7.89. The molecule has 6 heteroatoms. The molecule has 0 radical (unpaired) electrons. The number of nitrogen functional groups attached to an aromatic ring is 1. The van der Waals surface area contributed by atoms with Crippen LogP contribution in [0.2, 0.25) is 0 Å². The van der Waals surface area contributed by atoms with Crippen LogP contribution in [-0.4, -0.2) is 39.0 Å². The molecule has 0 fully saturated rings. The average molecular weight is 300 g/mol. The van der Waals surface area contributed by atoms with Crippen molar-refractivity contribution in [2.45, 2.75) is 38.1 Å². The molecule has 0 heterocycles. The van der Waals surface area contributed by atoms with E-state index in [-0.39, 0.29) is 6.04 Å². The van der Waals surface area contributed by atoms with Crippen molar-refractivity contribution in [3.05, 3.63) is 23.8 Å². The van der Waals surface area contributed by atoms with E-state index in [1.165, 1.54) is 4.31 Å². The summed E-state index contributed by atoms with van der Waals surface area (Å²) in [5.74, 6) is 0. The summed E-state index contributed by atoms with van der Waals surface area (Å²) in [6.45, 7) is 6.35. The number of hydrogen-bond donors (Lipinski definition) is 1. The van der Waals surface area contributed by atoms with E-state index in [0.29, 0.717) is 29.3 Å². The highest BCUT2D eigenvalue weighted by atomic mass is 32.2. The second-order valence-corrected chi connectivity index (χ2v) is 6.75. The van der Waals surface area contributed by atoms with Gasteiger partial charge in [0.2, 0.25) is 10.0 Å². The van der Waals surface area contributed by atoms with E-state index in [4.69, 9.17) is 10.5 Å². The van der Waals surface area contributed by atoms with Crippen LogP contribution in [0.25, 0.3) is 0 Å². The van der Waals surface area contributed by atoms with Crippen molar-refractivity contribution in [3.8, 4) is 0 Å². The maximum atomic E-state index is 12.8. The largest absolute Gasteiger partial charge is 0.399 e. The van der Waals surface area contributed by atoms with Crippen LogP contribution in [0.3, 0.4) is 0 Å². The van der Waals surface area contributed by atoms with Gasteiger partial charge in [-0.1, -0.05) is 6.92 Å². The van der Waals surface area contributed by atoms with E-state index in [0.717, 1.165) is 6.42 Å². The first kappa shape index (κ1) is 16.9. The van der Waals surface area contributed by atoms with Crippen LogP contribution in [0.5, 0.6) is 0 Å². The normalized spacial score (nSPS) is 13.7. The molecule has 0 amide bonds. The highest BCUT2D eigenvalue weighted by Gasteiger charge is 2.29. The Labute approximate surface area is 121 Å². The van der Waals surface area contributed by atoms with Crippen molar-refractivity contribution in [3.63, 3.8) is 0 Å². The third-order valence-corrected chi connectivity index (χ3v) is 5.56. The number of methoxy groups -OCH3 is 1. The molecule has 1 aromatic carbocycles. The van der Waals surface area contributed by atoms with E-state index in [1.807, 2.05) is 13.8 Å². The number of nitrogens with zero attached hydrogens (tertiary/aromatic N) is 1. The molecule has 1 atom stereocenters. The second-order valence-electron chi connectivity index (χ2n) is 4.89. The Morgan fingerprint density at radius 2 is 2.05 bits per heavy atom. The standard InChI is InChI=1S/C14H24N2O3S/c1-5-12(3)16(8-9-19-4)20(17,18)14-7-6-13(15)10-11(14)2/h6-7,10,12H,5,8-9,15H2,1-4H3. The molecule has 0 saturated carbocycles. The predicted octanol–water partition coefficient (Wildman–Crippen LogP) is 2.01. The van der Waals surface area contributed by atoms with Gasteiger partial charge in [0.05, 0.1) is 11.5 Å². The molecule has 1 aromatic rings. The van der Waals surface area contributed by atoms with Crippen LogP contribution >= 0.6 is 0 Å². The summed E-state index contributed by atoms with van der Waals surface area (Å²) >= 11 is 0. The van der Waals surface area contributed by atoms with Gasteiger partial charge < -0.3 is 10.5 Å². The lowest BCUT2D eigenvalue weighted by molar-refractivity contribution is 0.167. The molecule has 0 aromatic heterocycles. The van der Waals surface area contributed by atoms with E-state index >= 15 is 0 Å². The zero-order valence-corrected chi connectivity index (χ0v) is 13.4. The Kier molecular flexibility index (Phi) is 5.98. The van der Waals surface area contributed by atoms with Crippen molar-refractivity contribution in [2.24, 2.45) is 0 Å². The van der Waals surface area contributed by atoms with Crippen LogP contribution < -0.4 is 5.73 Å². The summed E-state index contributed by atoms with van der Waals surface area (Å²) in [6.07, 6.45) is 0.747. The first-order chi connectivity index (χ1) is 9.34. The number of ether oxygens (including phenoxy) is 1. The molecule has 0 aliphatic heterocycles. The van der Waals surface area contributed by atoms with Crippen LogP contribution in [0.4, 0.5) is 5.69 Å². The quantitative estimate of drug-likeness (QED) is 0.782. The molecule has 0 bridgehead atoms. The van der Waals surface area contributed by atoms with Gasteiger partial charge in [-0.05, 0) is 44.0 Å². The van der Waals surface area contributed by atoms with Crippen molar-refractivity contribution < 1.29 is 13.2 Å². The molecule has 5 nitrogen and oxygen atoms in total. The summed E-state index contributed by atoms with van der Waals surface area (Å²) in [5.41, 5.74) is 6.91. The summed E-state index contributed by atoms with van der Waals surface area (Å²) in [6, 6.07) is 4.79. The minimum absolute atomic E-state index is 0.0768. The SMILES string of the molecule is CCC(C)N(CCOC)S(=O)(=O)c1ccc(N)cc1C. The number of sulfonamides is 1. The number of benzene rings is 1. The lowest BCUT2D eigenvalue weighted by Crippen LogP contribution is -2.40. The highest BCUT2D eigenvalue weighted by Crippen LogP contribution is 2.24. The third kappa shape index (κ3) is 3.71. The maximum absolute atomic E-state index is 12.8. The fourth-order valence-electron chi connectivity index (χ4n) is 2.05. The Hall–Kier alpha value is -1.11. The van der Waals surface area contributed by atoms with Crippen LogP contribution in [0.1, 0.15) is 25.8 Å². The number of aryl methyl sites for hydroxylation is 1. The predicted molar refractivity (Wildman–Crippen MR) is 81.1 cm³/mol. The zero-order valence-electron chi connectivity index (χ0n) is 12.6. The average Bonchev–Trinajstić information content (AvgIpc) is 2.38. The number of rotatable bonds is 7. The molecule has 0 aliphatic carbocycles. The third-order valence-electron chi connectivity index (χ3n) is 3.38. The lowest BCUT2D eigenvalue weighted by atomic mass is 10.2. The van der Waals surface area contributed by atoms with Gasteiger partial charge in [-0.2, -0.15) is 4.31 Å². The van der Waals surface area contributed by atoms with Gasteiger partial charge in [-0.15, -0.1) is 0 Å². The second kappa shape index (κ2) is 7.06. The van der Waals surface area contributed by atoms with Crippen LogP contribution in [0.15, 0.2) is 23.1 Å². The van der Waals surface area contributed by atoms with Gasteiger partial charge in [0.15, 0.2) is 0 Å². The summed E-state index contributed by atoms with van der Waals surface area (Å²) in [7, 11) is -1.97. The maximum Gasteiger partial charge on any atom is 0.243 e. The van der Waals surface area contributed by atoms with Crippen molar-refractivity contribution >= 4 is 15.7 Å². The number of anilines is 1. The molecule has 0 spiro atoms. The van der Waals surface area contributed by atoms with E-state index < -0.39 is 10.0 Å². The zero-order chi connectivity index (χ0) is 15.3. The van der Waals surface area contributed by atoms with Crippen LogP contribution in [-0.2, 0) is 14.8 Å².